The maximum atomic E-state index is 11.2. The second-order valence-corrected chi connectivity index (χ2v) is 5.09. The molecule has 0 radical (unpaired) electrons. The summed E-state index contributed by atoms with van der Waals surface area (Å²) in [5, 5.41) is 2.86. The van der Waals surface area contributed by atoms with E-state index in [1.54, 1.807) is 4.90 Å². The Hall–Kier alpha value is 0.340. The summed E-state index contributed by atoms with van der Waals surface area (Å²) in [4.78, 5) is 12.9. The normalized spacial score (nSPS) is 16.3. The molecule has 1 aliphatic rings. The third-order valence-electron chi connectivity index (χ3n) is 2.27. The first-order chi connectivity index (χ1) is 6.99. The Balaban J connectivity index is 0.00000225. The van der Waals surface area contributed by atoms with E-state index in [9.17, 15) is 13.2 Å². The van der Waals surface area contributed by atoms with Crippen molar-refractivity contribution in [3.63, 3.8) is 0 Å². The molecule has 8 heteroatoms. The van der Waals surface area contributed by atoms with Crippen LogP contribution in [0.3, 0.4) is 0 Å². The van der Waals surface area contributed by atoms with Crippen LogP contribution in [0.1, 0.15) is 12.8 Å². The zero-order valence-electron chi connectivity index (χ0n) is 8.48. The Morgan fingerprint density at radius 2 is 2.06 bits per heavy atom. The molecule has 0 bridgehead atoms. The summed E-state index contributed by atoms with van der Waals surface area (Å²) in [5.41, 5.74) is 0. The second-order valence-electron chi connectivity index (χ2n) is 3.52. The average molecular weight is 260 g/mol. The molecule has 0 aliphatic carbocycles. The van der Waals surface area contributed by atoms with E-state index in [1.807, 2.05) is 0 Å². The van der Waals surface area contributed by atoms with Gasteiger partial charge in [0.15, 0.2) is 0 Å². The number of hydrogen-bond donors (Lipinski definition) is 2. The number of likely N-dealkylation sites (tertiary alicyclic amines) is 1. The van der Waals surface area contributed by atoms with E-state index in [1.165, 1.54) is 0 Å². The van der Waals surface area contributed by atoms with Crippen LogP contribution in [0.15, 0.2) is 0 Å². The molecule has 2 N–H and O–H groups in total. The molecule has 1 aliphatic heterocycles. The number of hydrogen-bond acceptors (Lipinski definition) is 4. The van der Waals surface area contributed by atoms with Crippen LogP contribution in [0.4, 0.5) is 0 Å². The van der Waals surface area contributed by atoms with Crippen LogP contribution in [-0.2, 0) is 14.9 Å². The van der Waals surface area contributed by atoms with Crippen LogP contribution in [-0.4, -0.2) is 85.3 Å². The van der Waals surface area contributed by atoms with Gasteiger partial charge < -0.3 is 10.2 Å². The molecule has 16 heavy (non-hydrogen) atoms. The first kappa shape index (κ1) is 16.3. The SMILES string of the molecule is O=C1CCCN1CCNCCS(=O)(=O)O.[NaH]. The van der Waals surface area contributed by atoms with Crippen molar-refractivity contribution in [3.05, 3.63) is 0 Å². The molecule has 0 spiro atoms. The first-order valence-electron chi connectivity index (χ1n) is 4.93. The third kappa shape index (κ3) is 6.82. The van der Waals surface area contributed by atoms with Crippen molar-refractivity contribution in [1.82, 2.24) is 10.2 Å². The van der Waals surface area contributed by atoms with Gasteiger partial charge in [-0.05, 0) is 6.42 Å². The number of amides is 1. The quantitative estimate of drug-likeness (QED) is 0.342. The van der Waals surface area contributed by atoms with Gasteiger partial charge in [0.1, 0.15) is 0 Å². The minimum absolute atomic E-state index is 0. The van der Waals surface area contributed by atoms with E-state index in [4.69, 9.17) is 4.55 Å². The molecule has 1 rings (SSSR count). The Morgan fingerprint density at radius 3 is 2.56 bits per heavy atom. The van der Waals surface area contributed by atoms with Crippen LogP contribution < -0.4 is 5.32 Å². The summed E-state index contributed by atoms with van der Waals surface area (Å²) in [6.07, 6.45) is 1.52. The van der Waals surface area contributed by atoms with Crippen molar-refractivity contribution in [2.75, 3.05) is 31.9 Å². The third-order valence-corrected chi connectivity index (χ3v) is 2.99. The van der Waals surface area contributed by atoms with Crippen LogP contribution in [0.2, 0.25) is 0 Å². The first-order valence-corrected chi connectivity index (χ1v) is 6.53. The standard InChI is InChI=1S/C8H16N2O4S.Na.H/c11-8-2-1-5-10(8)6-3-9-4-7-15(12,13)14;;/h9H,1-7H2,(H,12,13,14);;. The topological polar surface area (TPSA) is 86.7 Å². The van der Waals surface area contributed by atoms with Gasteiger partial charge in [0.25, 0.3) is 10.1 Å². The van der Waals surface area contributed by atoms with Gasteiger partial charge in [0, 0.05) is 32.6 Å². The number of carbonyl (C=O) groups is 1. The number of rotatable bonds is 6. The predicted octanol–water partition coefficient (Wildman–Crippen LogP) is -1.56. The molecule has 1 heterocycles. The van der Waals surface area contributed by atoms with Gasteiger partial charge in [0.05, 0.1) is 5.75 Å². The van der Waals surface area contributed by atoms with E-state index in [-0.39, 0.29) is 47.8 Å². The minimum atomic E-state index is -3.88. The zero-order valence-corrected chi connectivity index (χ0v) is 9.29. The molecular weight excluding hydrogens is 243 g/mol. The number of nitrogens with one attached hydrogen (secondary N) is 1. The van der Waals surface area contributed by atoms with Crippen molar-refractivity contribution in [1.29, 1.82) is 0 Å². The Labute approximate surface area is 118 Å². The molecule has 1 amide bonds. The van der Waals surface area contributed by atoms with Gasteiger partial charge in [-0.15, -0.1) is 0 Å². The molecule has 0 saturated carbocycles. The summed E-state index contributed by atoms with van der Waals surface area (Å²) in [7, 11) is -3.88. The van der Waals surface area contributed by atoms with Crippen molar-refractivity contribution in [3.8, 4) is 0 Å². The van der Waals surface area contributed by atoms with Gasteiger partial charge in [-0.3, -0.25) is 9.35 Å². The fourth-order valence-corrected chi connectivity index (χ4v) is 1.88. The van der Waals surface area contributed by atoms with Crippen molar-refractivity contribution < 1.29 is 17.8 Å². The second kappa shape index (κ2) is 7.62. The molecule has 0 aromatic heterocycles. The fourth-order valence-electron chi connectivity index (χ4n) is 1.48. The van der Waals surface area contributed by atoms with Crippen molar-refractivity contribution in [2.45, 2.75) is 12.8 Å². The summed E-state index contributed by atoms with van der Waals surface area (Å²) >= 11 is 0. The molecule has 0 unspecified atom stereocenters. The predicted molar refractivity (Wildman–Crippen MR) is 62.2 cm³/mol. The summed E-state index contributed by atoms with van der Waals surface area (Å²) in [5.74, 6) is -0.132. The van der Waals surface area contributed by atoms with E-state index in [0.29, 0.717) is 19.5 Å². The molecule has 1 fully saturated rings. The molecule has 1 saturated heterocycles. The number of carbonyl (C=O) groups excluding carboxylic acids is 1. The zero-order chi connectivity index (χ0) is 11.3. The molecule has 0 atom stereocenters. The van der Waals surface area contributed by atoms with Crippen LogP contribution in [0, 0.1) is 0 Å². The Morgan fingerprint density at radius 1 is 1.38 bits per heavy atom. The fraction of sp³-hybridized carbons (Fsp3) is 0.875. The molecular formula is C8H17N2NaO4S. The molecule has 6 nitrogen and oxygen atoms in total. The monoisotopic (exact) mass is 260 g/mol. The van der Waals surface area contributed by atoms with Crippen molar-refractivity contribution in [2.24, 2.45) is 0 Å². The van der Waals surface area contributed by atoms with Gasteiger partial charge in [0.2, 0.25) is 5.91 Å². The molecule has 0 aromatic carbocycles. The summed E-state index contributed by atoms with van der Waals surface area (Å²) in [6, 6.07) is 0. The Kier molecular flexibility index (Phi) is 7.79. The number of nitrogens with zero attached hydrogens (tertiary/aromatic N) is 1. The summed E-state index contributed by atoms with van der Waals surface area (Å²) < 4.78 is 29.1. The van der Waals surface area contributed by atoms with E-state index >= 15 is 0 Å². The Bertz CT molecular complexity index is 320. The van der Waals surface area contributed by atoms with Crippen LogP contribution in [0.5, 0.6) is 0 Å². The van der Waals surface area contributed by atoms with Gasteiger partial charge in [-0.25, -0.2) is 0 Å². The van der Waals surface area contributed by atoms with E-state index in [2.05, 4.69) is 5.32 Å². The van der Waals surface area contributed by atoms with E-state index < -0.39 is 10.1 Å². The van der Waals surface area contributed by atoms with E-state index in [0.717, 1.165) is 13.0 Å². The van der Waals surface area contributed by atoms with Crippen LogP contribution >= 0.6 is 0 Å². The van der Waals surface area contributed by atoms with Gasteiger partial charge in [-0.2, -0.15) is 8.42 Å². The summed E-state index contributed by atoms with van der Waals surface area (Å²) in [6.45, 7) is 2.16. The van der Waals surface area contributed by atoms with Gasteiger partial charge >= 0.3 is 29.6 Å². The average Bonchev–Trinajstić information content (AvgIpc) is 2.49. The maximum absolute atomic E-state index is 11.2. The van der Waals surface area contributed by atoms with Gasteiger partial charge in [-0.1, -0.05) is 0 Å². The molecule has 90 valence electrons. The molecule has 0 aromatic rings. The van der Waals surface area contributed by atoms with Crippen LogP contribution in [0.25, 0.3) is 0 Å². The van der Waals surface area contributed by atoms with Crippen molar-refractivity contribution >= 4 is 45.6 Å².